The predicted octanol–water partition coefficient (Wildman–Crippen LogP) is 2.53. The highest BCUT2D eigenvalue weighted by molar-refractivity contribution is 5.67. The number of benzene rings is 1. The van der Waals surface area contributed by atoms with Gasteiger partial charge in [-0.3, -0.25) is 4.84 Å². The van der Waals surface area contributed by atoms with Crippen molar-refractivity contribution in [2.45, 2.75) is 38.9 Å². The maximum atomic E-state index is 11.5. The summed E-state index contributed by atoms with van der Waals surface area (Å²) in [6.45, 7) is 5.90. The van der Waals surface area contributed by atoms with E-state index in [9.17, 15) is 4.79 Å². The van der Waals surface area contributed by atoms with Crippen LogP contribution in [0.3, 0.4) is 0 Å². The van der Waals surface area contributed by atoms with E-state index in [1.807, 2.05) is 51.1 Å². The molecule has 106 valence electrons. The van der Waals surface area contributed by atoms with E-state index in [0.717, 1.165) is 5.56 Å². The van der Waals surface area contributed by atoms with Crippen LogP contribution in [0.15, 0.2) is 30.3 Å². The van der Waals surface area contributed by atoms with Crippen molar-refractivity contribution in [3.8, 4) is 0 Å². The summed E-state index contributed by atoms with van der Waals surface area (Å²) in [5.74, 6) is 5.28. The van der Waals surface area contributed by atoms with E-state index in [-0.39, 0.29) is 6.10 Å². The molecular formula is C14H22N2O3. The normalized spacial score (nSPS) is 12.8. The number of carbonyl (C=O) groups excluding carboxylic acids is 1. The minimum atomic E-state index is -0.493. The van der Waals surface area contributed by atoms with Gasteiger partial charge in [0.1, 0.15) is 11.7 Å². The van der Waals surface area contributed by atoms with Gasteiger partial charge in [0, 0.05) is 6.54 Å². The van der Waals surface area contributed by atoms with Crippen molar-refractivity contribution in [2.75, 3.05) is 6.54 Å². The zero-order valence-electron chi connectivity index (χ0n) is 11.7. The van der Waals surface area contributed by atoms with Crippen molar-refractivity contribution in [1.82, 2.24) is 5.32 Å². The molecule has 3 N–H and O–H groups in total. The lowest BCUT2D eigenvalue weighted by molar-refractivity contribution is 0.0398. The third kappa shape index (κ3) is 6.22. The monoisotopic (exact) mass is 266 g/mol. The fourth-order valence-corrected chi connectivity index (χ4v) is 1.60. The smallest absolute Gasteiger partial charge is 0.407 e. The zero-order chi connectivity index (χ0) is 14.3. The van der Waals surface area contributed by atoms with Crippen LogP contribution in [-0.4, -0.2) is 18.2 Å². The lowest BCUT2D eigenvalue weighted by Gasteiger charge is -2.20. The van der Waals surface area contributed by atoms with Crippen LogP contribution in [-0.2, 0) is 9.57 Å². The summed E-state index contributed by atoms with van der Waals surface area (Å²) in [6.07, 6.45) is -0.0905. The van der Waals surface area contributed by atoms with Gasteiger partial charge in [0.25, 0.3) is 0 Å². The van der Waals surface area contributed by atoms with Crippen molar-refractivity contribution >= 4 is 6.09 Å². The van der Waals surface area contributed by atoms with Gasteiger partial charge < -0.3 is 10.1 Å². The Hall–Kier alpha value is -1.59. The molecule has 1 amide bonds. The lowest BCUT2D eigenvalue weighted by atomic mass is 10.1. The SMILES string of the molecule is CC(C)(C)OC(=O)NCCC(ON)c1ccccc1. The Morgan fingerprint density at radius 1 is 1.32 bits per heavy atom. The molecule has 0 saturated heterocycles. The first-order chi connectivity index (χ1) is 8.92. The molecule has 0 aliphatic rings. The van der Waals surface area contributed by atoms with Gasteiger partial charge in [-0.25, -0.2) is 10.7 Å². The summed E-state index contributed by atoms with van der Waals surface area (Å²) < 4.78 is 5.14. The number of ether oxygens (including phenoxy) is 1. The summed E-state index contributed by atoms with van der Waals surface area (Å²) in [7, 11) is 0. The standard InChI is InChI=1S/C14H22N2O3/c1-14(2,3)18-13(17)16-10-9-12(19-15)11-7-5-4-6-8-11/h4-8,12H,9-10,15H2,1-3H3,(H,16,17). The second-order valence-electron chi connectivity index (χ2n) is 5.25. The number of carbonyl (C=O) groups is 1. The molecule has 19 heavy (non-hydrogen) atoms. The molecule has 1 aromatic carbocycles. The molecule has 5 heteroatoms. The van der Waals surface area contributed by atoms with Gasteiger partial charge in [-0.05, 0) is 32.8 Å². The summed E-state index contributed by atoms with van der Waals surface area (Å²) >= 11 is 0. The number of hydrogen-bond donors (Lipinski definition) is 2. The van der Waals surface area contributed by atoms with E-state index in [1.165, 1.54) is 0 Å². The molecule has 0 bridgehead atoms. The molecular weight excluding hydrogens is 244 g/mol. The molecule has 0 saturated carbocycles. The highest BCUT2D eigenvalue weighted by atomic mass is 16.6. The van der Waals surface area contributed by atoms with Crippen LogP contribution >= 0.6 is 0 Å². The molecule has 0 spiro atoms. The molecule has 0 aliphatic heterocycles. The maximum absolute atomic E-state index is 11.5. The average Bonchev–Trinajstić information content (AvgIpc) is 2.33. The first-order valence-corrected chi connectivity index (χ1v) is 6.29. The van der Waals surface area contributed by atoms with Crippen LogP contribution in [0.1, 0.15) is 38.9 Å². The Morgan fingerprint density at radius 3 is 2.47 bits per heavy atom. The molecule has 0 aliphatic carbocycles. The van der Waals surface area contributed by atoms with Crippen LogP contribution in [0.5, 0.6) is 0 Å². The van der Waals surface area contributed by atoms with Crippen LogP contribution in [0.25, 0.3) is 0 Å². The van der Waals surface area contributed by atoms with Gasteiger partial charge in [0.2, 0.25) is 0 Å². The second kappa shape index (κ2) is 7.11. The van der Waals surface area contributed by atoms with Gasteiger partial charge >= 0.3 is 6.09 Å². The molecule has 1 atom stereocenters. The Labute approximate surface area is 114 Å². The van der Waals surface area contributed by atoms with Gasteiger partial charge in [-0.15, -0.1) is 0 Å². The molecule has 0 aromatic heterocycles. The quantitative estimate of drug-likeness (QED) is 0.803. The van der Waals surface area contributed by atoms with Gasteiger partial charge in [0.15, 0.2) is 0 Å². The van der Waals surface area contributed by atoms with Crippen LogP contribution in [0.2, 0.25) is 0 Å². The third-order valence-electron chi connectivity index (χ3n) is 2.41. The Morgan fingerprint density at radius 2 is 1.95 bits per heavy atom. The molecule has 1 rings (SSSR count). The summed E-state index contributed by atoms with van der Waals surface area (Å²) in [6, 6.07) is 9.64. The lowest BCUT2D eigenvalue weighted by Crippen LogP contribution is -2.33. The van der Waals surface area contributed by atoms with Crippen molar-refractivity contribution in [3.63, 3.8) is 0 Å². The number of nitrogens with two attached hydrogens (primary N) is 1. The highest BCUT2D eigenvalue weighted by Gasteiger charge is 2.16. The van der Waals surface area contributed by atoms with Crippen LogP contribution in [0, 0.1) is 0 Å². The maximum Gasteiger partial charge on any atom is 0.407 e. The number of hydrogen-bond acceptors (Lipinski definition) is 4. The van der Waals surface area contributed by atoms with Gasteiger partial charge in [-0.2, -0.15) is 0 Å². The fourth-order valence-electron chi connectivity index (χ4n) is 1.60. The molecule has 0 radical (unpaired) electrons. The Kier molecular flexibility index (Phi) is 5.79. The van der Waals surface area contributed by atoms with E-state index in [4.69, 9.17) is 15.5 Å². The van der Waals surface area contributed by atoms with Crippen molar-refractivity contribution in [1.29, 1.82) is 0 Å². The fraction of sp³-hybridized carbons (Fsp3) is 0.500. The predicted molar refractivity (Wildman–Crippen MR) is 73.3 cm³/mol. The van der Waals surface area contributed by atoms with E-state index < -0.39 is 11.7 Å². The van der Waals surface area contributed by atoms with E-state index >= 15 is 0 Å². The Bertz CT molecular complexity index is 387. The summed E-state index contributed by atoms with van der Waals surface area (Å²) in [5, 5.41) is 2.68. The first kappa shape index (κ1) is 15.5. The number of rotatable bonds is 5. The van der Waals surface area contributed by atoms with Crippen molar-refractivity contribution in [3.05, 3.63) is 35.9 Å². The second-order valence-corrected chi connectivity index (χ2v) is 5.25. The van der Waals surface area contributed by atoms with E-state index in [0.29, 0.717) is 13.0 Å². The number of nitrogens with one attached hydrogen (secondary N) is 1. The van der Waals surface area contributed by atoms with Crippen molar-refractivity contribution < 1.29 is 14.4 Å². The summed E-state index contributed by atoms with van der Waals surface area (Å²) in [5.41, 5.74) is 0.490. The number of alkyl carbamates (subject to hydrolysis) is 1. The first-order valence-electron chi connectivity index (χ1n) is 6.29. The van der Waals surface area contributed by atoms with Crippen LogP contribution < -0.4 is 11.2 Å². The number of amides is 1. The third-order valence-corrected chi connectivity index (χ3v) is 2.41. The molecule has 0 fully saturated rings. The van der Waals surface area contributed by atoms with Gasteiger partial charge in [0.05, 0.1) is 0 Å². The molecule has 1 aromatic rings. The van der Waals surface area contributed by atoms with Gasteiger partial charge in [-0.1, -0.05) is 30.3 Å². The molecule has 5 nitrogen and oxygen atoms in total. The minimum absolute atomic E-state index is 0.240. The minimum Gasteiger partial charge on any atom is -0.444 e. The van der Waals surface area contributed by atoms with E-state index in [2.05, 4.69) is 5.32 Å². The molecule has 1 unspecified atom stereocenters. The average molecular weight is 266 g/mol. The topological polar surface area (TPSA) is 73.6 Å². The Balaban J connectivity index is 2.37. The highest BCUT2D eigenvalue weighted by Crippen LogP contribution is 2.18. The zero-order valence-corrected chi connectivity index (χ0v) is 11.7. The van der Waals surface area contributed by atoms with Crippen LogP contribution in [0.4, 0.5) is 4.79 Å². The van der Waals surface area contributed by atoms with E-state index in [1.54, 1.807) is 0 Å². The summed E-state index contributed by atoms with van der Waals surface area (Å²) in [4.78, 5) is 16.4. The molecule has 0 heterocycles. The largest absolute Gasteiger partial charge is 0.444 e. The van der Waals surface area contributed by atoms with Crippen molar-refractivity contribution in [2.24, 2.45) is 5.90 Å².